The zero-order chi connectivity index (χ0) is 11.7. The van der Waals surface area contributed by atoms with Crippen LogP contribution >= 0.6 is 0 Å². The predicted molar refractivity (Wildman–Crippen MR) is 68.3 cm³/mol. The van der Waals surface area contributed by atoms with Crippen LogP contribution in [0.3, 0.4) is 0 Å². The van der Waals surface area contributed by atoms with Gasteiger partial charge in [0.15, 0.2) is 0 Å². The van der Waals surface area contributed by atoms with Crippen LogP contribution in [0.15, 0.2) is 24.3 Å². The number of hydrogen-bond donors (Lipinski definition) is 2. The lowest BCUT2D eigenvalue weighted by molar-refractivity contribution is -0.117. The second-order valence-corrected chi connectivity index (χ2v) is 4.67. The highest BCUT2D eigenvalue weighted by Gasteiger charge is 2.25. The maximum atomic E-state index is 11.8. The fraction of sp³-hybridized carbons (Fsp3) is 0.462. The quantitative estimate of drug-likeness (QED) is 0.821. The number of hydrogen-bond acceptors (Lipinski definition) is 3. The van der Waals surface area contributed by atoms with Crippen molar-refractivity contribution in [2.24, 2.45) is 0 Å². The Labute approximate surface area is 101 Å². The molecular formula is C13H17N3O. The number of rotatable bonds is 3. The zero-order valence-electron chi connectivity index (χ0n) is 9.78. The molecule has 2 N–H and O–H groups in total. The van der Waals surface area contributed by atoms with Crippen molar-refractivity contribution in [2.45, 2.75) is 18.9 Å². The summed E-state index contributed by atoms with van der Waals surface area (Å²) in [6.45, 7) is 2.85. The first-order valence-corrected chi connectivity index (χ1v) is 6.21. The summed E-state index contributed by atoms with van der Waals surface area (Å²) in [6, 6.07) is 8.58. The van der Waals surface area contributed by atoms with Crippen LogP contribution in [0, 0.1) is 0 Å². The van der Waals surface area contributed by atoms with Crippen molar-refractivity contribution in [2.75, 3.05) is 29.9 Å². The first kappa shape index (κ1) is 10.6. The van der Waals surface area contributed by atoms with Crippen molar-refractivity contribution in [1.82, 2.24) is 5.32 Å². The molecule has 0 bridgehead atoms. The van der Waals surface area contributed by atoms with Gasteiger partial charge in [-0.25, -0.2) is 0 Å². The van der Waals surface area contributed by atoms with Gasteiger partial charge in [0.1, 0.15) is 0 Å². The molecule has 2 heterocycles. The average Bonchev–Trinajstić information content (AvgIpc) is 2.70. The molecule has 1 amide bonds. The van der Waals surface area contributed by atoms with Gasteiger partial charge in [-0.3, -0.25) is 4.79 Å². The maximum absolute atomic E-state index is 11.8. The van der Waals surface area contributed by atoms with Gasteiger partial charge in [0.2, 0.25) is 5.91 Å². The van der Waals surface area contributed by atoms with Crippen LogP contribution in [0.5, 0.6) is 0 Å². The Morgan fingerprint density at radius 1 is 1.29 bits per heavy atom. The summed E-state index contributed by atoms with van der Waals surface area (Å²) in [7, 11) is 0. The number of nitrogens with zero attached hydrogens (tertiary/aromatic N) is 1. The van der Waals surface area contributed by atoms with E-state index in [1.165, 1.54) is 0 Å². The van der Waals surface area contributed by atoms with Crippen molar-refractivity contribution in [3.05, 3.63) is 24.3 Å². The summed E-state index contributed by atoms with van der Waals surface area (Å²) in [4.78, 5) is 13.7. The number of carbonyl (C=O) groups is 1. The Hall–Kier alpha value is -1.55. The Morgan fingerprint density at radius 3 is 2.76 bits per heavy atom. The summed E-state index contributed by atoms with van der Waals surface area (Å²) >= 11 is 0. The van der Waals surface area contributed by atoms with E-state index in [0.29, 0.717) is 12.5 Å². The summed E-state index contributed by atoms with van der Waals surface area (Å²) in [5.41, 5.74) is 2.11. The van der Waals surface area contributed by atoms with Crippen molar-refractivity contribution in [3.63, 3.8) is 0 Å². The highest BCUT2D eigenvalue weighted by molar-refractivity contribution is 5.98. The van der Waals surface area contributed by atoms with Gasteiger partial charge in [0.25, 0.3) is 0 Å². The van der Waals surface area contributed by atoms with Gasteiger partial charge in [-0.15, -0.1) is 0 Å². The molecule has 0 saturated carbocycles. The van der Waals surface area contributed by atoms with E-state index < -0.39 is 0 Å². The molecule has 17 heavy (non-hydrogen) atoms. The number of benzene rings is 1. The molecule has 2 aliphatic rings. The van der Waals surface area contributed by atoms with Gasteiger partial charge in [-0.1, -0.05) is 12.1 Å². The standard InChI is InChI=1S/C13H17N3O/c17-13-6-3-7-16(13)12-5-2-1-4-11(12)15-10-8-14-9-10/h1-2,4-5,10,14-15H,3,6-9H2. The fourth-order valence-corrected chi connectivity index (χ4v) is 2.34. The highest BCUT2D eigenvalue weighted by atomic mass is 16.2. The van der Waals surface area contributed by atoms with Crippen LogP contribution in [0.4, 0.5) is 11.4 Å². The number of nitrogens with one attached hydrogen (secondary N) is 2. The number of anilines is 2. The Kier molecular flexibility index (Phi) is 2.73. The van der Waals surface area contributed by atoms with Crippen LogP contribution in [-0.4, -0.2) is 31.6 Å². The molecule has 2 aliphatic heterocycles. The SMILES string of the molecule is O=C1CCCN1c1ccccc1NC1CNC1. The molecule has 1 aromatic carbocycles. The molecular weight excluding hydrogens is 214 g/mol. The maximum Gasteiger partial charge on any atom is 0.227 e. The molecule has 3 rings (SSSR count). The topological polar surface area (TPSA) is 44.4 Å². The van der Waals surface area contributed by atoms with E-state index in [2.05, 4.69) is 16.7 Å². The van der Waals surface area contributed by atoms with Crippen molar-refractivity contribution < 1.29 is 4.79 Å². The molecule has 1 aromatic rings. The minimum atomic E-state index is 0.242. The molecule has 0 aliphatic carbocycles. The second-order valence-electron chi connectivity index (χ2n) is 4.67. The molecule has 0 radical (unpaired) electrons. The lowest BCUT2D eigenvalue weighted by Gasteiger charge is -2.31. The fourth-order valence-electron chi connectivity index (χ4n) is 2.34. The average molecular weight is 231 g/mol. The van der Waals surface area contributed by atoms with E-state index in [1.54, 1.807) is 0 Å². The minimum absolute atomic E-state index is 0.242. The predicted octanol–water partition coefficient (Wildman–Crippen LogP) is 1.20. The monoisotopic (exact) mass is 231 g/mol. The molecule has 0 atom stereocenters. The zero-order valence-corrected chi connectivity index (χ0v) is 9.78. The number of amides is 1. The van der Waals surface area contributed by atoms with Gasteiger partial charge in [-0.05, 0) is 18.6 Å². The number of carbonyl (C=O) groups excluding carboxylic acids is 1. The van der Waals surface area contributed by atoms with Crippen molar-refractivity contribution in [1.29, 1.82) is 0 Å². The van der Waals surface area contributed by atoms with Crippen molar-refractivity contribution >= 4 is 17.3 Å². The van der Waals surface area contributed by atoms with E-state index in [4.69, 9.17) is 0 Å². The van der Waals surface area contributed by atoms with Crippen LogP contribution in [0.2, 0.25) is 0 Å². The third-order valence-electron chi connectivity index (χ3n) is 3.41. The van der Waals surface area contributed by atoms with Gasteiger partial charge in [0.05, 0.1) is 17.4 Å². The first-order chi connectivity index (χ1) is 8.34. The molecule has 4 heteroatoms. The lowest BCUT2D eigenvalue weighted by atomic mass is 10.1. The molecule has 4 nitrogen and oxygen atoms in total. The summed E-state index contributed by atoms with van der Waals surface area (Å²) < 4.78 is 0. The Morgan fingerprint density at radius 2 is 2.12 bits per heavy atom. The van der Waals surface area contributed by atoms with Crippen LogP contribution in [0.25, 0.3) is 0 Å². The third kappa shape index (κ3) is 2.00. The van der Waals surface area contributed by atoms with Crippen LogP contribution in [-0.2, 0) is 4.79 Å². The van der Waals surface area contributed by atoms with Crippen LogP contribution in [0.1, 0.15) is 12.8 Å². The van der Waals surface area contributed by atoms with Gasteiger partial charge in [-0.2, -0.15) is 0 Å². The first-order valence-electron chi connectivity index (χ1n) is 6.21. The normalized spacial score (nSPS) is 20.5. The molecule has 0 aromatic heterocycles. The highest BCUT2D eigenvalue weighted by Crippen LogP contribution is 2.29. The van der Waals surface area contributed by atoms with E-state index >= 15 is 0 Å². The minimum Gasteiger partial charge on any atom is -0.378 e. The molecule has 2 saturated heterocycles. The molecule has 2 fully saturated rings. The molecule has 0 unspecified atom stereocenters. The van der Waals surface area contributed by atoms with Gasteiger partial charge < -0.3 is 15.5 Å². The van der Waals surface area contributed by atoms with Crippen molar-refractivity contribution in [3.8, 4) is 0 Å². The number of para-hydroxylation sites is 2. The third-order valence-corrected chi connectivity index (χ3v) is 3.41. The molecule has 0 spiro atoms. The summed E-state index contributed by atoms with van der Waals surface area (Å²) in [5, 5.41) is 6.72. The van der Waals surface area contributed by atoms with E-state index in [-0.39, 0.29) is 5.91 Å². The van der Waals surface area contributed by atoms with Gasteiger partial charge >= 0.3 is 0 Å². The Bertz CT molecular complexity index is 428. The second kappa shape index (κ2) is 4.37. The summed E-state index contributed by atoms with van der Waals surface area (Å²) in [5.74, 6) is 0.242. The summed E-state index contributed by atoms with van der Waals surface area (Å²) in [6.07, 6.45) is 1.65. The lowest BCUT2D eigenvalue weighted by Crippen LogP contribution is -2.51. The molecule has 90 valence electrons. The van der Waals surface area contributed by atoms with Crippen LogP contribution < -0.4 is 15.5 Å². The Balaban J connectivity index is 1.84. The largest absolute Gasteiger partial charge is 0.378 e. The van der Waals surface area contributed by atoms with E-state index in [1.807, 2.05) is 23.1 Å². The van der Waals surface area contributed by atoms with E-state index in [0.717, 1.165) is 37.4 Å². The smallest absolute Gasteiger partial charge is 0.227 e. The van der Waals surface area contributed by atoms with E-state index in [9.17, 15) is 4.79 Å². The van der Waals surface area contributed by atoms with Gasteiger partial charge in [0, 0.05) is 26.1 Å².